The molecule has 0 bridgehead atoms. The molecule has 23 heavy (non-hydrogen) atoms. The number of anilines is 1. The number of aromatic hydroxyl groups is 1. The number of pyridine rings is 1. The number of phenols is 1. The number of aryl methyl sites for hydroxylation is 2. The maximum absolute atomic E-state index is 12.4. The van der Waals surface area contributed by atoms with Crippen LogP contribution in [-0.2, 0) is 0 Å². The number of rotatable bonds is 4. The number of amides is 2. The number of methoxy groups -OCH3 is 1. The van der Waals surface area contributed by atoms with Crippen LogP contribution in [0.3, 0.4) is 0 Å². The van der Waals surface area contributed by atoms with Crippen molar-refractivity contribution in [1.29, 1.82) is 0 Å². The zero-order chi connectivity index (χ0) is 17.1. The predicted molar refractivity (Wildman–Crippen MR) is 84.8 cm³/mol. The van der Waals surface area contributed by atoms with Crippen LogP contribution >= 0.6 is 0 Å². The summed E-state index contributed by atoms with van der Waals surface area (Å²) in [5, 5.41) is 12.4. The van der Waals surface area contributed by atoms with E-state index < -0.39 is 11.8 Å². The van der Waals surface area contributed by atoms with Gasteiger partial charge in [0.2, 0.25) is 0 Å². The average molecular weight is 315 g/mol. The molecular weight excluding hydrogens is 298 g/mol. The number of nitrogens with two attached hydrogens (primary N) is 1. The predicted octanol–water partition coefficient (Wildman–Crippen LogP) is 1.76. The third-order valence-electron chi connectivity index (χ3n) is 3.37. The molecule has 7 nitrogen and oxygen atoms in total. The topological polar surface area (TPSA) is 115 Å². The Labute approximate surface area is 133 Å². The van der Waals surface area contributed by atoms with Crippen molar-refractivity contribution >= 4 is 17.6 Å². The molecular formula is C16H17N3O4. The quantitative estimate of drug-likeness (QED) is 0.795. The molecule has 0 aliphatic carbocycles. The van der Waals surface area contributed by atoms with Crippen molar-refractivity contribution in [2.45, 2.75) is 13.8 Å². The number of aromatic nitrogens is 1. The third-order valence-corrected chi connectivity index (χ3v) is 3.37. The van der Waals surface area contributed by atoms with E-state index in [1.165, 1.54) is 25.4 Å². The van der Waals surface area contributed by atoms with Crippen LogP contribution in [0.15, 0.2) is 24.4 Å². The Balaban J connectivity index is 2.34. The average Bonchev–Trinajstić information content (AvgIpc) is 2.48. The van der Waals surface area contributed by atoms with Crippen LogP contribution in [0.2, 0.25) is 0 Å². The second kappa shape index (κ2) is 6.35. The van der Waals surface area contributed by atoms with Gasteiger partial charge in [-0.3, -0.25) is 9.59 Å². The van der Waals surface area contributed by atoms with Gasteiger partial charge in [-0.25, -0.2) is 4.98 Å². The molecule has 120 valence electrons. The molecule has 0 radical (unpaired) electrons. The van der Waals surface area contributed by atoms with Gasteiger partial charge in [0.1, 0.15) is 17.3 Å². The number of nitrogens with zero attached hydrogens (tertiary/aromatic N) is 1. The second-order valence-electron chi connectivity index (χ2n) is 5.04. The minimum atomic E-state index is -0.810. The molecule has 1 aromatic heterocycles. The van der Waals surface area contributed by atoms with E-state index in [0.717, 1.165) is 5.56 Å². The van der Waals surface area contributed by atoms with E-state index >= 15 is 0 Å². The van der Waals surface area contributed by atoms with Gasteiger partial charge < -0.3 is 20.9 Å². The SMILES string of the molecule is COc1cnc(NC(=O)c2cc(C(N)=O)c(O)cc2C)c(C)c1. The Kier molecular flexibility index (Phi) is 4.49. The first-order chi connectivity index (χ1) is 10.8. The number of primary amides is 1. The maximum atomic E-state index is 12.4. The standard InChI is InChI=1S/C16H17N3O4/c1-8-5-13(20)12(14(17)21)6-11(8)16(22)19-15-9(2)4-10(23-3)7-18-15/h4-7,20H,1-3H3,(H2,17,21)(H,18,19,22). The highest BCUT2D eigenvalue weighted by Gasteiger charge is 2.17. The highest BCUT2D eigenvalue weighted by molar-refractivity contribution is 6.07. The summed E-state index contributed by atoms with van der Waals surface area (Å²) in [4.78, 5) is 27.8. The Morgan fingerprint density at radius 3 is 2.43 bits per heavy atom. The lowest BCUT2D eigenvalue weighted by molar-refractivity contribution is 0.0997. The summed E-state index contributed by atoms with van der Waals surface area (Å²) in [7, 11) is 1.53. The second-order valence-corrected chi connectivity index (χ2v) is 5.04. The van der Waals surface area contributed by atoms with Crippen molar-refractivity contribution in [3.63, 3.8) is 0 Å². The summed E-state index contributed by atoms with van der Waals surface area (Å²) in [6.45, 7) is 3.43. The largest absolute Gasteiger partial charge is 0.507 e. The lowest BCUT2D eigenvalue weighted by Gasteiger charge is -2.11. The minimum absolute atomic E-state index is 0.111. The lowest BCUT2D eigenvalue weighted by atomic mass is 10.0. The van der Waals surface area contributed by atoms with Crippen molar-refractivity contribution in [1.82, 2.24) is 4.98 Å². The van der Waals surface area contributed by atoms with Gasteiger partial charge in [0.15, 0.2) is 0 Å². The normalized spacial score (nSPS) is 10.2. The van der Waals surface area contributed by atoms with E-state index in [9.17, 15) is 14.7 Å². The molecule has 0 unspecified atom stereocenters. The summed E-state index contributed by atoms with van der Waals surface area (Å²) in [5.74, 6) is -0.562. The minimum Gasteiger partial charge on any atom is -0.507 e. The van der Waals surface area contributed by atoms with Crippen LogP contribution in [0.25, 0.3) is 0 Å². The zero-order valence-corrected chi connectivity index (χ0v) is 13.0. The molecule has 2 rings (SSSR count). The number of hydrogen-bond donors (Lipinski definition) is 3. The van der Waals surface area contributed by atoms with Crippen LogP contribution in [0.1, 0.15) is 31.8 Å². The first-order valence-corrected chi connectivity index (χ1v) is 6.79. The van der Waals surface area contributed by atoms with Crippen LogP contribution in [0, 0.1) is 13.8 Å². The molecule has 0 saturated carbocycles. The fraction of sp³-hybridized carbons (Fsp3) is 0.188. The Morgan fingerprint density at radius 2 is 1.87 bits per heavy atom. The van der Waals surface area contributed by atoms with Crippen molar-refractivity contribution in [2.24, 2.45) is 5.73 Å². The summed E-state index contributed by atoms with van der Waals surface area (Å²) in [5.41, 5.74) is 6.54. The summed E-state index contributed by atoms with van der Waals surface area (Å²) < 4.78 is 5.06. The Morgan fingerprint density at radius 1 is 1.17 bits per heavy atom. The number of benzene rings is 1. The number of nitrogens with one attached hydrogen (secondary N) is 1. The van der Waals surface area contributed by atoms with E-state index in [2.05, 4.69) is 10.3 Å². The summed E-state index contributed by atoms with van der Waals surface area (Å²) >= 11 is 0. The molecule has 0 saturated heterocycles. The summed E-state index contributed by atoms with van der Waals surface area (Å²) in [6.07, 6.45) is 1.49. The van der Waals surface area contributed by atoms with Gasteiger partial charge >= 0.3 is 0 Å². The maximum Gasteiger partial charge on any atom is 0.257 e. The molecule has 0 spiro atoms. The van der Waals surface area contributed by atoms with E-state index in [1.807, 2.05) is 0 Å². The van der Waals surface area contributed by atoms with Crippen molar-refractivity contribution in [2.75, 3.05) is 12.4 Å². The van der Waals surface area contributed by atoms with Crippen LogP contribution in [-0.4, -0.2) is 29.0 Å². The Hall–Kier alpha value is -3.09. The van der Waals surface area contributed by atoms with Crippen molar-refractivity contribution < 1.29 is 19.4 Å². The third kappa shape index (κ3) is 3.39. The highest BCUT2D eigenvalue weighted by Crippen LogP contribution is 2.24. The van der Waals surface area contributed by atoms with Gasteiger partial charge in [0, 0.05) is 5.56 Å². The molecule has 1 heterocycles. The molecule has 0 fully saturated rings. The lowest BCUT2D eigenvalue weighted by Crippen LogP contribution is -2.18. The summed E-state index contributed by atoms with van der Waals surface area (Å²) in [6, 6.07) is 4.33. The zero-order valence-electron chi connectivity index (χ0n) is 13.0. The molecule has 2 aromatic rings. The van der Waals surface area contributed by atoms with Crippen molar-refractivity contribution in [3.05, 3.63) is 46.6 Å². The fourth-order valence-electron chi connectivity index (χ4n) is 2.10. The molecule has 2 amide bonds. The van der Waals surface area contributed by atoms with E-state index in [-0.39, 0.29) is 16.9 Å². The van der Waals surface area contributed by atoms with Gasteiger partial charge in [-0.1, -0.05) is 0 Å². The van der Waals surface area contributed by atoms with Gasteiger partial charge in [0.05, 0.1) is 18.9 Å². The number of hydrogen-bond acceptors (Lipinski definition) is 5. The number of ether oxygens (including phenoxy) is 1. The Bertz CT molecular complexity index is 787. The number of carbonyl (C=O) groups excluding carboxylic acids is 2. The molecule has 0 atom stereocenters. The molecule has 4 N–H and O–H groups in total. The monoisotopic (exact) mass is 315 g/mol. The molecule has 0 aliphatic heterocycles. The van der Waals surface area contributed by atoms with E-state index in [0.29, 0.717) is 17.1 Å². The fourth-order valence-corrected chi connectivity index (χ4v) is 2.10. The van der Waals surface area contributed by atoms with Crippen LogP contribution in [0.5, 0.6) is 11.5 Å². The molecule has 7 heteroatoms. The van der Waals surface area contributed by atoms with Gasteiger partial charge in [-0.15, -0.1) is 0 Å². The smallest absolute Gasteiger partial charge is 0.257 e. The van der Waals surface area contributed by atoms with Crippen LogP contribution in [0.4, 0.5) is 5.82 Å². The first kappa shape index (κ1) is 16.3. The van der Waals surface area contributed by atoms with Gasteiger partial charge in [0.25, 0.3) is 11.8 Å². The van der Waals surface area contributed by atoms with E-state index in [1.54, 1.807) is 19.9 Å². The number of carbonyl (C=O) groups is 2. The molecule has 1 aromatic carbocycles. The van der Waals surface area contributed by atoms with Crippen LogP contribution < -0.4 is 15.8 Å². The highest BCUT2D eigenvalue weighted by atomic mass is 16.5. The first-order valence-electron chi connectivity index (χ1n) is 6.79. The molecule has 0 aliphatic rings. The van der Waals surface area contributed by atoms with Gasteiger partial charge in [-0.2, -0.15) is 0 Å². The van der Waals surface area contributed by atoms with Gasteiger partial charge in [-0.05, 0) is 43.2 Å². The van der Waals surface area contributed by atoms with E-state index in [4.69, 9.17) is 10.5 Å². The van der Waals surface area contributed by atoms with Crippen molar-refractivity contribution in [3.8, 4) is 11.5 Å².